The Kier molecular flexibility index (Phi) is 5.49. The summed E-state index contributed by atoms with van der Waals surface area (Å²) >= 11 is 0. The normalized spacial score (nSPS) is 10.4. The molecule has 0 aromatic heterocycles. The van der Waals surface area contributed by atoms with E-state index < -0.39 is 0 Å². The van der Waals surface area contributed by atoms with Crippen LogP contribution in [0, 0.1) is 0 Å². The van der Waals surface area contributed by atoms with E-state index in [4.69, 9.17) is 18.9 Å². The van der Waals surface area contributed by atoms with Gasteiger partial charge in [0.1, 0.15) is 11.5 Å². The van der Waals surface area contributed by atoms with E-state index >= 15 is 0 Å². The second-order valence-corrected chi connectivity index (χ2v) is 5.97. The highest BCUT2D eigenvalue weighted by Crippen LogP contribution is 2.55. The van der Waals surface area contributed by atoms with Crippen LogP contribution >= 0.6 is 0 Å². The SMILES string of the molecule is COc1ccc(-c2c(O)c(OC)c(-c3ccc(OC)cc3)c(OC)c2O)cc1. The molecule has 0 atom stereocenters. The third kappa shape index (κ3) is 3.24. The zero-order chi connectivity index (χ0) is 20.3. The number of methoxy groups -OCH3 is 4. The molecule has 3 aromatic rings. The van der Waals surface area contributed by atoms with Crippen molar-refractivity contribution >= 4 is 0 Å². The third-order valence-electron chi connectivity index (χ3n) is 4.52. The summed E-state index contributed by atoms with van der Waals surface area (Å²) in [7, 11) is 6.06. The number of phenolic OH excluding ortho intramolecular Hbond substituents is 2. The minimum absolute atomic E-state index is 0.184. The van der Waals surface area contributed by atoms with E-state index in [1.54, 1.807) is 62.8 Å². The van der Waals surface area contributed by atoms with Crippen molar-refractivity contribution in [3.05, 3.63) is 48.5 Å². The fourth-order valence-electron chi connectivity index (χ4n) is 3.13. The minimum atomic E-state index is -0.184. The van der Waals surface area contributed by atoms with E-state index in [0.29, 0.717) is 28.2 Å². The van der Waals surface area contributed by atoms with Gasteiger partial charge in [-0.25, -0.2) is 0 Å². The Morgan fingerprint density at radius 3 is 1.18 bits per heavy atom. The molecule has 28 heavy (non-hydrogen) atoms. The molecule has 0 aliphatic carbocycles. The highest BCUT2D eigenvalue weighted by atomic mass is 16.5. The van der Waals surface area contributed by atoms with Crippen molar-refractivity contribution in [1.82, 2.24) is 0 Å². The van der Waals surface area contributed by atoms with E-state index in [9.17, 15) is 10.2 Å². The zero-order valence-electron chi connectivity index (χ0n) is 16.1. The predicted molar refractivity (Wildman–Crippen MR) is 107 cm³/mol. The van der Waals surface area contributed by atoms with Crippen LogP contribution in [0.5, 0.6) is 34.5 Å². The topological polar surface area (TPSA) is 77.4 Å². The van der Waals surface area contributed by atoms with Crippen LogP contribution in [0.15, 0.2) is 48.5 Å². The highest BCUT2D eigenvalue weighted by molar-refractivity contribution is 5.92. The molecular weight excluding hydrogens is 360 g/mol. The van der Waals surface area contributed by atoms with Gasteiger partial charge in [-0.3, -0.25) is 0 Å². The molecule has 3 aromatic carbocycles. The lowest BCUT2D eigenvalue weighted by molar-refractivity contribution is 0.351. The Bertz CT molecular complexity index is 931. The number of phenols is 2. The van der Waals surface area contributed by atoms with Gasteiger partial charge in [0.25, 0.3) is 0 Å². The molecule has 0 aliphatic heterocycles. The lowest BCUT2D eigenvalue weighted by Crippen LogP contribution is -1.97. The minimum Gasteiger partial charge on any atom is -0.504 e. The standard InChI is InChI=1S/C22H22O6/c1-25-15-9-5-13(6-10-15)17-19(23)21(27-3)18(22(28-4)20(17)24)14-7-11-16(26-2)12-8-14/h5-12,23-24H,1-4H3. The van der Waals surface area contributed by atoms with Crippen molar-refractivity contribution < 1.29 is 29.2 Å². The molecule has 0 amide bonds. The molecular formula is C22H22O6. The van der Waals surface area contributed by atoms with Gasteiger partial charge >= 0.3 is 0 Å². The van der Waals surface area contributed by atoms with Gasteiger partial charge in [0.2, 0.25) is 0 Å². The molecule has 6 nitrogen and oxygen atoms in total. The van der Waals surface area contributed by atoms with Crippen LogP contribution in [0.2, 0.25) is 0 Å². The molecule has 0 saturated heterocycles. The van der Waals surface area contributed by atoms with Crippen LogP contribution in [-0.4, -0.2) is 38.7 Å². The summed E-state index contributed by atoms with van der Waals surface area (Å²) in [4.78, 5) is 0. The van der Waals surface area contributed by atoms with Crippen molar-refractivity contribution in [1.29, 1.82) is 0 Å². The Balaban J connectivity index is 2.27. The monoisotopic (exact) mass is 382 g/mol. The molecule has 146 valence electrons. The Morgan fingerprint density at radius 1 is 0.500 bits per heavy atom. The number of benzene rings is 3. The van der Waals surface area contributed by atoms with E-state index in [1.165, 1.54) is 14.2 Å². The van der Waals surface area contributed by atoms with E-state index in [-0.39, 0.29) is 28.6 Å². The fourth-order valence-corrected chi connectivity index (χ4v) is 3.13. The molecule has 0 heterocycles. The number of aromatic hydroxyl groups is 2. The first kappa shape index (κ1) is 19.2. The summed E-state index contributed by atoms with van der Waals surface area (Å²) in [5.41, 5.74) is 1.95. The largest absolute Gasteiger partial charge is 0.504 e. The smallest absolute Gasteiger partial charge is 0.172 e. The van der Waals surface area contributed by atoms with Crippen molar-refractivity contribution in [2.24, 2.45) is 0 Å². The van der Waals surface area contributed by atoms with Gasteiger partial charge < -0.3 is 29.2 Å². The molecule has 0 bridgehead atoms. The maximum absolute atomic E-state index is 10.9. The van der Waals surface area contributed by atoms with Gasteiger partial charge in [0, 0.05) is 0 Å². The van der Waals surface area contributed by atoms with Gasteiger partial charge in [0.15, 0.2) is 23.0 Å². The van der Waals surface area contributed by atoms with Crippen molar-refractivity contribution in [2.45, 2.75) is 0 Å². The maximum atomic E-state index is 10.9. The zero-order valence-corrected chi connectivity index (χ0v) is 16.1. The van der Waals surface area contributed by atoms with E-state index in [1.807, 2.05) is 0 Å². The Morgan fingerprint density at radius 2 is 0.857 bits per heavy atom. The van der Waals surface area contributed by atoms with Crippen molar-refractivity contribution in [3.8, 4) is 56.8 Å². The molecule has 0 fully saturated rings. The van der Waals surface area contributed by atoms with Gasteiger partial charge in [-0.15, -0.1) is 0 Å². The lowest BCUT2D eigenvalue weighted by Gasteiger charge is -2.20. The van der Waals surface area contributed by atoms with E-state index in [2.05, 4.69) is 0 Å². The Labute approximate surface area is 163 Å². The van der Waals surface area contributed by atoms with Crippen LogP contribution in [0.1, 0.15) is 0 Å². The van der Waals surface area contributed by atoms with Crippen LogP contribution < -0.4 is 18.9 Å². The average molecular weight is 382 g/mol. The van der Waals surface area contributed by atoms with Gasteiger partial charge in [-0.2, -0.15) is 0 Å². The number of rotatable bonds is 6. The fraction of sp³-hybridized carbons (Fsp3) is 0.182. The summed E-state index contributed by atoms with van der Waals surface area (Å²) in [6, 6.07) is 14.1. The highest BCUT2D eigenvalue weighted by Gasteiger charge is 2.27. The second kappa shape index (κ2) is 8.00. The molecule has 3 rings (SSSR count). The van der Waals surface area contributed by atoms with Crippen molar-refractivity contribution in [2.75, 3.05) is 28.4 Å². The molecule has 0 saturated carbocycles. The number of hydrogen-bond acceptors (Lipinski definition) is 6. The Hall–Kier alpha value is -3.54. The first-order chi connectivity index (χ1) is 13.5. The average Bonchev–Trinajstić information content (AvgIpc) is 2.74. The number of ether oxygens (including phenoxy) is 4. The molecule has 0 radical (unpaired) electrons. The summed E-state index contributed by atoms with van der Waals surface area (Å²) < 4.78 is 21.3. The maximum Gasteiger partial charge on any atom is 0.172 e. The lowest BCUT2D eigenvalue weighted by atomic mass is 9.95. The van der Waals surface area contributed by atoms with Gasteiger partial charge in [-0.05, 0) is 35.4 Å². The first-order valence-corrected chi connectivity index (χ1v) is 8.54. The molecule has 0 unspecified atom stereocenters. The van der Waals surface area contributed by atoms with Crippen molar-refractivity contribution in [3.63, 3.8) is 0 Å². The predicted octanol–water partition coefficient (Wildman–Crippen LogP) is 4.47. The van der Waals surface area contributed by atoms with Crippen LogP contribution in [0.4, 0.5) is 0 Å². The summed E-state index contributed by atoms with van der Waals surface area (Å²) in [5.74, 6) is 1.38. The van der Waals surface area contributed by atoms with Gasteiger partial charge in [0.05, 0.1) is 39.6 Å². The summed E-state index contributed by atoms with van der Waals surface area (Å²) in [6.07, 6.45) is 0. The van der Waals surface area contributed by atoms with Gasteiger partial charge in [-0.1, -0.05) is 24.3 Å². The van der Waals surface area contributed by atoms with Crippen LogP contribution in [0.25, 0.3) is 22.3 Å². The quantitative estimate of drug-likeness (QED) is 0.655. The molecule has 0 aliphatic rings. The molecule has 0 spiro atoms. The van der Waals surface area contributed by atoms with Crippen LogP contribution in [0.3, 0.4) is 0 Å². The second-order valence-electron chi connectivity index (χ2n) is 5.97. The summed E-state index contributed by atoms with van der Waals surface area (Å²) in [5, 5.41) is 21.8. The van der Waals surface area contributed by atoms with E-state index in [0.717, 1.165) is 0 Å². The first-order valence-electron chi connectivity index (χ1n) is 8.54. The third-order valence-corrected chi connectivity index (χ3v) is 4.52. The molecule has 6 heteroatoms. The molecule has 2 N–H and O–H groups in total. The summed E-state index contributed by atoms with van der Waals surface area (Å²) in [6.45, 7) is 0. The van der Waals surface area contributed by atoms with Crippen LogP contribution in [-0.2, 0) is 0 Å². The number of hydrogen-bond donors (Lipinski definition) is 2.